The normalized spacial score (nSPS) is 12.2. The first-order valence-electron chi connectivity index (χ1n) is 8.06. The molecule has 3 N–H and O–H groups in total. The number of nitrogens with one attached hydrogen (secondary N) is 1. The van der Waals surface area contributed by atoms with E-state index < -0.39 is 11.8 Å². The van der Waals surface area contributed by atoms with Crippen LogP contribution in [0.5, 0.6) is 0 Å². The van der Waals surface area contributed by atoms with Gasteiger partial charge >= 0.3 is 0 Å². The molecule has 0 aliphatic rings. The van der Waals surface area contributed by atoms with Crippen molar-refractivity contribution in [3.05, 3.63) is 83.9 Å². The molecule has 0 radical (unpaired) electrons. The minimum atomic E-state index is -0.585. The number of halogens is 1. The van der Waals surface area contributed by atoms with Crippen LogP contribution in [0.4, 0.5) is 4.39 Å². The lowest BCUT2D eigenvalue weighted by Gasteiger charge is -2.14. The number of nitrogens with zero attached hydrogens (tertiary/aromatic N) is 2. The summed E-state index contributed by atoms with van der Waals surface area (Å²) < 4.78 is 13.2. The van der Waals surface area contributed by atoms with Crippen LogP contribution in [0.3, 0.4) is 0 Å². The molecule has 2 aromatic carbocycles. The highest BCUT2D eigenvalue weighted by molar-refractivity contribution is 5.95. The average Bonchev–Trinajstić information content (AvgIpc) is 3.06. The van der Waals surface area contributed by atoms with E-state index in [-0.39, 0.29) is 5.82 Å². The predicted molar refractivity (Wildman–Crippen MR) is 96.8 cm³/mol. The molecule has 4 rings (SSSR count). The van der Waals surface area contributed by atoms with Crippen molar-refractivity contribution in [3.8, 4) is 11.3 Å². The second-order valence-electron chi connectivity index (χ2n) is 6.00. The molecule has 0 spiro atoms. The highest BCUT2D eigenvalue weighted by Gasteiger charge is 2.21. The van der Waals surface area contributed by atoms with Crippen LogP contribution >= 0.6 is 0 Å². The number of rotatable bonds is 4. The molecule has 0 saturated carbocycles. The number of hydrogen-bond acceptors (Lipinski definition) is 3. The number of fused-ring (bicyclic) bond motifs is 1. The largest absolute Gasteiger partial charge is 0.369 e. The maximum Gasteiger partial charge on any atom is 0.229 e. The summed E-state index contributed by atoms with van der Waals surface area (Å²) in [6, 6.07) is 15.3. The van der Waals surface area contributed by atoms with Crippen LogP contribution in [-0.2, 0) is 4.79 Å². The Bertz CT molecular complexity index is 1070. The Balaban J connectivity index is 1.85. The SMILES string of the molecule is NC(=O)C(c1ccncc1)c1ccc2[nH]nc(-c3ccc(F)cc3)c2c1. The number of pyridine rings is 1. The van der Waals surface area contributed by atoms with Crippen LogP contribution in [0.1, 0.15) is 17.0 Å². The molecule has 26 heavy (non-hydrogen) atoms. The fourth-order valence-corrected chi connectivity index (χ4v) is 3.12. The Morgan fingerprint density at radius 1 is 1.00 bits per heavy atom. The van der Waals surface area contributed by atoms with Crippen molar-refractivity contribution in [2.45, 2.75) is 5.92 Å². The second-order valence-corrected chi connectivity index (χ2v) is 6.00. The third-order valence-corrected chi connectivity index (χ3v) is 4.36. The van der Waals surface area contributed by atoms with Gasteiger partial charge in [-0.1, -0.05) is 6.07 Å². The van der Waals surface area contributed by atoms with Gasteiger partial charge < -0.3 is 5.73 Å². The number of aromatic amines is 1. The maximum atomic E-state index is 13.2. The fraction of sp³-hybridized carbons (Fsp3) is 0.0500. The van der Waals surface area contributed by atoms with E-state index >= 15 is 0 Å². The van der Waals surface area contributed by atoms with E-state index in [4.69, 9.17) is 5.73 Å². The monoisotopic (exact) mass is 346 g/mol. The molecule has 0 aliphatic carbocycles. The minimum absolute atomic E-state index is 0.305. The van der Waals surface area contributed by atoms with Gasteiger partial charge in [-0.05, 0) is 59.7 Å². The summed E-state index contributed by atoms with van der Waals surface area (Å²) in [7, 11) is 0. The van der Waals surface area contributed by atoms with E-state index in [1.165, 1.54) is 12.1 Å². The van der Waals surface area contributed by atoms with Crippen molar-refractivity contribution in [1.82, 2.24) is 15.2 Å². The lowest BCUT2D eigenvalue weighted by molar-refractivity contribution is -0.118. The number of carbonyl (C=O) groups excluding carboxylic acids is 1. The molecule has 128 valence electrons. The van der Waals surface area contributed by atoms with E-state index in [1.807, 2.05) is 18.2 Å². The molecular weight excluding hydrogens is 331 g/mol. The summed E-state index contributed by atoms with van der Waals surface area (Å²) in [6.45, 7) is 0. The molecule has 4 aromatic rings. The minimum Gasteiger partial charge on any atom is -0.369 e. The molecular formula is C20H15FN4O. The number of benzene rings is 2. The maximum absolute atomic E-state index is 13.2. The van der Waals surface area contributed by atoms with Crippen LogP contribution in [0.15, 0.2) is 67.0 Å². The van der Waals surface area contributed by atoms with E-state index in [0.29, 0.717) is 5.69 Å². The highest BCUT2D eigenvalue weighted by Crippen LogP contribution is 2.31. The van der Waals surface area contributed by atoms with Gasteiger partial charge in [0.1, 0.15) is 5.82 Å². The van der Waals surface area contributed by atoms with Crippen LogP contribution in [0.25, 0.3) is 22.2 Å². The Morgan fingerprint density at radius 3 is 2.42 bits per heavy atom. The Hall–Kier alpha value is -3.54. The quantitative estimate of drug-likeness (QED) is 0.594. The topological polar surface area (TPSA) is 84.7 Å². The Labute approximate surface area is 148 Å². The molecule has 1 unspecified atom stereocenters. The van der Waals surface area contributed by atoms with Crippen molar-refractivity contribution in [2.24, 2.45) is 5.73 Å². The van der Waals surface area contributed by atoms with E-state index in [2.05, 4.69) is 15.2 Å². The summed E-state index contributed by atoms with van der Waals surface area (Å²) in [5, 5.41) is 8.15. The molecule has 2 aromatic heterocycles. The summed E-state index contributed by atoms with van der Waals surface area (Å²) in [4.78, 5) is 16.1. The van der Waals surface area contributed by atoms with Gasteiger partial charge in [-0.15, -0.1) is 0 Å². The third-order valence-electron chi connectivity index (χ3n) is 4.36. The zero-order valence-corrected chi connectivity index (χ0v) is 13.7. The second kappa shape index (κ2) is 6.40. The first-order valence-corrected chi connectivity index (χ1v) is 8.06. The molecule has 2 heterocycles. The van der Waals surface area contributed by atoms with Crippen molar-refractivity contribution in [2.75, 3.05) is 0 Å². The lowest BCUT2D eigenvalue weighted by Crippen LogP contribution is -2.22. The van der Waals surface area contributed by atoms with E-state index in [0.717, 1.165) is 27.6 Å². The molecule has 0 aliphatic heterocycles. The number of hydrogen-bond donors (Lipinski definition) is 2. The van der Waals surface area contributed by atoms with Crippen LogP contribution in [0.2, 0.25) is 0 Å². The van der Waals surface area contributed by atoms with Gasteiger partial charge in [-0.2, -0.15) is 5.10 Å². The summed E-state index contributed by atoms with van der Waals surface area (Å²) in [6.07, 6.45) is 3.26. The van der Waals surface area contributed by atoms with Crippen LogP contribution < -0.4 is 5.73 Å². The number of primary amides is 1. The Morgan fingerprint density at radius 2 is 1.73 bits per heavy atom. The highest BCUT2D eigenvalue weighted by atomic mass is 19.1. The van der Waals surface area contributed by atoms with Gasteiger partial charge in [0.15, 0.2) is 0 Å². The van der Waals surface area contributed by atoms with Gasteiger partial charge in [0, 0.05) is 23.3 Å². The van der Waals surface area contributed by atoms with Gasteiger partial charge in [-0.25, -0.2) is 4.39 Å². The number of H-pyrrole nitrogens is 1. The van der Waals surface area contributed by atoms with Crippen molar-refractivity contribution < 1.29 is 9.18 Å². The van der Waals surface area contributed by atoms with Crippen LogP contribution in [0, 0.1) is 5.82 Å². The lowest BCUT2D eigenvalue weighted by atomic mass is 9.90. The van der Waals surface area contributed by atoms with E-state index in [1.54, 1.807) is 36.7 Å². The first-order chi connectivity index (χ1) is 12.6. The third kappa shape index (κ3) is 2.82. The van der Waals surface area contributed by atoms with Crippen molar-refractivity contribution in [1.29, 1.82) is 0 Å². The number of carbonyl (C=O) groups is 1. The smallest absolute Gasteiger partial charge is 0.229 e. The van der Waals surface area contributed by atoms with Crippen LogP contribution in [-0.4, -0.2) is 21.1 Å². The first kappa shape index (κ1) is 16.0. The standard InChI is InChI=1S/C20H15FN4O/c21-15-4-1-13(2-5-15)19-16-11-14(3-6-17(16)24-25-19)18(20(22)26)12-7-9-23-10-8-12/h1-11,18H,(H2,22,26)(H,24,25). The number of amides is 1. The van der Waals surface area contributed by atoms with Gasteiger partial charge in [-0.3, -0.25) is 14.9 Å². The van der Waals surface area contributed by atoms with Gasteiger partial charge in [0.2, 0.25) is 5.91 Å². The Kier molecular flexibility index (Phi) is 3.93. The van der Waals surface area contributed by atoms with Gasteiger partial charge in [0.25, 0.3) is 0 Å². The zero-order valence-electron chi connectivity index (χ0n) is 13.7. The number of aromatic nitrogens is 3. The molecule has 6 heteroatoms. The zero-order chi connectivity index (χ0) is 18.1. The molecule has 1 atom stereocenters. The van der Waals surface area contributed by atoms with E-state index in [9.17, 15) is 9.18 Å². The number of nitrogens with two attached hydrogens (primary N) is 1. The molecule has 0 fully saturated rings. The summed E-state index contributed by atoms with van der Waals surface area (Å²) in [5.41, 5.74) is 9.51. The fourth-order valence-electron chi connectivity index (χ4n) is 3.12. The van der Waals surface area contributed by atoms with Crippen molar-refractivity contribution >= 4 is 16.8 Å². The molecule has 0 saturated heterocycles. The summed E-state index contributed by atoms with van der Waals surface area (Å²) >= 11 is 0. The van der Waals surface area contributed by atoms with Crippen molar-refractivity contribution in [3.63, 3.8) is 0 Å². The average molecular weight is 346 g/mol. The van der Waals surface area contributed by atoms with Gasteiger partial charge in [0.05, 0.1) is 17.1 Å². The molecule has 5 nitrogen and oxygen atoms in total. The predicted octanol–water partition coefficient (Wildman–Crippen LogP) is 3.38. The summed E-state index contributed by atoms with van der Waals surface area (Å²) in [5.74, 6) is -1.33. The molecule has 1 amide bonds. The molecule has 0 bridgehead atoms.